The third kappa shape index (κ3) is 10.8. The molecular formula is C28H33NO7S. The zero-order valence-corrected chi connectivity index (χ0v) is 21.8. The van der Waals surface area contributed by atoms with Crippen LogP contribution in [0.1, 0.15) is 16.7 Å². The first-order chi connectivity index (χ1) is 17.9. The Morgan fingerprint density at radius 3 is 1.73 bits per heavy atom. The van der Waals surface area contributed by atoms with Crippen molar-refractivity contribution >= 4 is 16.3 Å². The zero-order valence-electron chi connectivity index (χ0n) is 21.0. The van der Waals surface area contributed by atoms with Gasteiger partial charge in [-0.3, -0.25) is 4.18 Å². The number of benzene rings is 3. The molecule has 0 radical (unpaired) electrons. The van der Waals surface area contributed by atoms with Crippen LogP contribution in [0.5, 0.6) is 0 Å². The summed E-state index contributed by atoms with van der Waals surface area (Å²) in [5, 5.41) is 3.89. The first kappa shape index (κ1) is 28.5. The van der Waals surface area contributed by atoms with Gasteiger partial charge in [-0.05, 0) is 16.7 Å². The van der Waals surface area contributed by atoms with Crippen LogP contribution >= 0.6 is 0 Å². The fraction of sp³-hybridized carbons (Fsp3) is 0.321. The molecule has 0 saturated carbocycles. The molecule has 0 aliphatic heterocycles. The molecule has 0 fully saturated rings. The van der Waals surface area contributed by atoms with Gasteiger partial charge in [0, 0.05) is 0 Å². The monoisotopic (exact) mass is 527 g/mol. The van der Waals surface area contributed by atoms with Crippen molar-refractivity contribution in [1.82, 2.24) is 0 Å². The van der Waals surface area contributed by atoms with E-state index in [0.29, 0.717) is 0 Å². The number of rotatable bonds is 16. The molecule has 0 amide bonds. The van der Waals surface area contributed by atoms with E-state index in [4.69, 9.17) is 23.2 Å². The average molecular weight is 528 g/mol. The van der Waals surface area contributed by atoms with Crippen LogP contribution in [0.4, 0.5) is 0 Å². The van der Waals surface area contributed by atoms with Gasteiger partial charge in [0.15, 0.2) is 0 Å². The lowest BCUT2D eigenvalue weighted by molar-refractivity contribution is -0.118. The summed E-state index contributed by atoms with van der Waals surface area (Å²) in [5.41, 5.74) is 2.78. The average Bonchev–Trinajstić information content (AvgIpc) is 2.90. The van der Waals surface area contributed by atoms with Crippen molar-refractivity contribution in [2.24, 2.45) is 5.16 Å². The molecule has 0 heterocycles. The van der Waals surface area contributed by atoms with Crippen molar-refractivity contribution in [3.05, 3.63) is 108 Å². The van der Waals surface area contributed by atoms with E-state index in [9.17, 15) is 8.42 Å². The van der Waals surface area contributed by atoms with Gasteiger partial charge in [-0.1, -0.05) is 96.2 Å². The second-order valence-electron chi connectivity index (χ2n) is 8.30. The molecule has 198 valence electrons. The molecule has 3 unspecified atom stereocenters. The van der Waals surface area contributed by atoms with Gasteiger partial charge in [0.05, 0.1) is 38.9 Å². The van der Waals surface area contributed by atoms with E-state index in [1.807, 2.05) is 91.0 Å². The van der Waals surface area contributed by atoms with Gasteiger partial charge in [-0.25, -0.2) is 0 Å². The minimum Gasteiger partial charge on any atom is -0.399 e. The number of hydrogen-bond donors (Lipinski definition) is 0. The van der Waals surface area contributed by atoms with E-state index in [1.165, 1.54) is 13.3 Å². The van der Waals surface area contributed by atoms with Crippen molar-refractivity contribution in [2.75, 3.05) is 20.0 Å². The minimum atomic E-state index is -3.86. The maximum absolute atomic E-state index is 12.2. The van der Waals surface area contributed by atoms with Gasteiger partial charge in [0.25, 0.3) is 10.1 Å². The summed E-state index contributed by atoms with van der Waals surface area (Å²) in [7, 11) is -2.44. The Kier molecular flexibility index (Phi) is 11.7. The maximum atomic E-state index is 12.2. The molecule has 9 heteroatoms. The summed E-state index contributed by atoms with van der Waals surface area (Å²) < 4.78 is 48.2. The Morgan fingerprint density at radius 1 is 0.757 bits per heavy atom. The van der Waals surface area contributed by atoms with Crippen LogP contribution in [0, 0.1) is 0 Å². The van der Waals surface area contributed by atoms with Gasteiger partial charge >= 0.3 is 0 Å². The molecule has 3 rings (SSSR count). The topological polar surface area (TPSA) is 92.7 Å². The predicted molar refractivity (Wildman–Crippen MR) is 141 cm³/mol. The molecule has 0 aromatic heterocycles. The van der Waals surface area contributed by atoms with Crippen LogP contribution in [0.25, 0.3) is 0 Å². The fourth-order valence-electron chi connectivity index (χ4n) is 3.56. The number of hydrogen-bond acceptors (Lipinski definition) is 8. The van der Waals surface area contributed by atoms with E-state index >= 15 is 0 Å². The van der Waals surface area contributed by atoms with Crippen LogP contribution < -0.4 is 0 Å². The molecule has 0 spiro atoms. The van der Waals surface area contributed by atoms with Crippen molar-refractivity contribution < 1.29 is 31.6 Å². The number of oxime groups is 1. The van der Waals surface area contributed by atoms with Gasteiger partial charge in [-0.15, -0.1) is 0 Å². The predicted octanol–water partition coefficient (Wildman–Crippen LogP) is 4.35. The quantitative estimate of drug-likeness (QED) is 0.155. The highest BCUT2D eigenvalue weighted by atomic mass is 32.2. The van der Waals surface area contributed by atoms with Crippen LogP contribution in [-0.4, -0.2) is 52.9 Å². The molecule has 0 aliphatic carbocycles. The van der Waals surface area contributed by atoms with Crippen molar-refractivity contribution in [2.45, 2.75) is 38.1 Å². The Morgan fingerprint density at radius 2 is 1.24 bits per heavy atom. The van der Waals surface area contributed by atoms with Gasteiger partial charge in [0.2, 0.25) is 0 Å². The molecule has 0 aliphatic rings. The van der Waals surface area contributed by atoms with Gasteiger partial charge in [-0.2, -0.15) is 8.42 Å². The second-order valence-corrected chi connectivity index (χ2v) is 9.90. The molecule has 0 N–H and O–H groups in total. The van der Waals surface area contributed by atoms with Crippen LogP contribution in [-0.2, 0) is 53.2 Å². The lowest BCUT2D eigenvalue weighted by Gasteiger charge is -2.31. The van der Waals surface area contributed by atoms with Crippen LogP contribution in [0.15, 0.2) is 96.2 Å². The number of nitrogens with zero attached hydrogens (tertiary/aromatic N) is 1. The molecular weight excluding hydrogens is 494 g/mol. The third-order valence-electron chi connectivity index (χ3n) is 5.27. The second kappa shape index (κ2) is 15.2. The summed E-state index contributed by atoms with van der Waals surface area (Å²) in [6.45, 7) is 0.647. The van der Waals surface area contributed by atoms with Crippen molar-refractivity contribution in [1.29, 1.82) is 0 Å². The van der Waals surface area contributed by atoms with Gasteiger partial charge in [0.1, 0.15) is 25.4 Å². The molecule has 8 nitrogen and oxygen atoms in total. The molecule has 3 atom stereocenters. The summed E-state index contributed by atoms with van der Waals surface area (Å²) >= 11 is 0. The standard InChI is InChI=1S/C28H33NO7S/c1-32-29-18-26(34-20-24-14-8-4-9-15-24)28(35-21-25-16-10-5-11-17-25)27(36-37(2,30)31)22-33-19-23-12-6-3-7-13-23/h3-18,26-28H,19-22H2,1-2H3. The van der Waals surface area contributed by atoms with E-state index in [-0.39, 0.29) is 26.4 Å². The van der Waals surface area contributed by atoms with Crippen LogP contribution in [0.3, 0.4) is 0 Å². The molecule has 37 heavy (non-hydrogen) atoms. The Labute approximate surface area is 218 Å². The smallest absolute Gasteiger partial charge is 0.264 e. The summed E-state index contributed by atoms with van der Waals surface area (Å²) in [5.74, 6) is 0. The highest BCUT2D eigenvalue weighted by molar-refractivity contribution is 7.86. The Hall–Kier alpha value is -3.08. The normalized spacial score (nSPS) is 14.3. The summed E-state index contributed by atoms with van der Waals surface area (Å²) in [6.07, 6.45) is -0.293. The van der Waals surface area contributed by atoms with Crippen LogP contribution in [0.2, 0.25) is 0 Å². The molecule has 3 aromatic carbocycles. The lowest BCUT2D eigenvalue weighted by Crippen LogP contribution is -2.46. The minimum absolute atomic E-state index is 0.0621. The largest absolute Gasteiger partial charge is 0.399 e. The van der Waals surface area contributed by atoms with E-state index in [0.717, 1.165) is 22.9 Å². The first-order valence-electron chi connectivity index (χ1n) is 11.8. The zero-order chi connectivity index (χ0) is 26.3. The Balaban J connectivity index is 1.85. The molecule has 3 aromatic rings. The SMILES string of the molecule is CON=CC(OCc1ccccc1)C(OCc1ccccc1)C(COCc1ccccc1)OS(C)(=O)=O. The highest BCUT2D eigenvalue weighted by Crippen LogP contribution is 2.19. The maximum Gasteiger partial charge on any atom is 0.264 e. The van der Waals surface area contributed by atoms with Crippen molar-refractivity contribution in [3.8, 4) is 0 Å². The van der Waals surface area contributed by atoms with E-state index in [2.05, 4.69) is 5.16 Å². The van der Waals surface area contributed by atoms with E-state index < -0.39 is 28.4 Å². The lowest BCUT2D eigenvalue weighted by atomic mass is 10.1. The third-order valence-corrected chi connectivity index (χ3v) is 5.86. The first-order valence-corrected chi connectivity index (χ1v) is 13.6. The highest BCUT2D eigenvalue weighted by Gasteiger charge is 2.34. The van der Waals surface area contributed by atoms with E-state index in [1.54, 1.807) is 0 Å². The fourth-order valence-corrected chi connectivity index (χ4v) is 4.17. The van der Waals surface area contributed by atoms with Gasteiger partial charge < -0.3 is 19.0 Å². The summed E-state index contributed by atoms with van der Waals surface area (Å²) in [6, 6.07) is 28.7. The summed E-state index contributed by atoms with van der Waals surface area (Å²) in [4.78, 5) is 4.90. The Bertz CT molecular complexity index is 1160. The number of ether oxygens (including phenoxy) is 3. The molecule has 0 bridgehead atoms. The molecule has 0 saturated heterocycles. The van der Waals surface area contributed by atoms with Crippen molar-refractivity contribution in [3.63, 3.8) is 0 Å².